The van der Waals surface area contributed by atoms with Crippen LogP contribution in [0.1, 0.15) is 20.8 Å². The predicted octanol–water partition coefficient (Wildman–Crippen LogP) is 2.69. The number of rotatable bonds is 0. The predicted molar refractivity (Wildman–Crippen MR) is 37.2 cm³/mol. The number of hydrogen-bond donors (Lipinski definition) is 1. The molecule has 0 fully saturated rings. The van der Waals surface area contributed by atoms with Crippen molar-refractivity contribution in [2.45, 2.75) is 20.8 Å². The third-order valence-electron chi connectivity index (χ3n) is 0. The van der Waals surface area contributed by atoms with Crippen LogP contribution in [-0.4, -0.2) is 0 Å². The lowest BCUT2D eigenvalue weighted by atomic mass is 10.8. The van der Waals surface area contributed by atoms with Gasteiger partial charge in [0.25, 0.3) is 0 Å². The SMILES string of the molecule is C=CC.CC.F.F.N. The van der Waals surface area contributed by atoms with Crippen molar-refractivity contribution in [3.05, 3.63) is 12.7 Å². The zero-order chi connectivity index (χ0) is 4.71. The van der Waals surface area contributed by atoms with Crippen LogP contribution in [0.5, 0.6) is 0 Å². The third kappa shape index (κ3) is 597. The molecule has 56 valence electrons. The van der Waals surface area contributed by atoms with E-state index in [-0.39, 0.29) is 15.6 Å². The first-order valence-electron chi connectivity index (χ1n) is 1.99. The summed E-state index contributed by atoms with van der Waals surface area (Å²) in [6, 6.07) is 0. The minimum Gasteiger partial charge on any atom is -0.344 e. The zero-order valence-electron chi connectivity index (χ0n) is 5.81. The van der Waals surface area contributed by atoms with Crippen molar-refractivity contribution in [3.63, 3.8) is 0 Å². The van der Waals surface area contributed by atoms with Crippen molar-refractivity contribution in [1.29, 1.82) is 0 Å². The van der Waals surface area contributed by atoms with E-state index >= 15 is 0 Å². The van der Waals surface area contributed by atoms with E-state index in [2.05, 4.69) is 6.58 Å². The number of allylic oxidation sites excluding steroid dienone is 1. The normalized spacial score (nSPS) is 2.38. The number of hydrogen-bond acceptors (Lipinski definition) is 1. The van der Waals surface area contributed by atoms with Crippen LogP contribution >= 0.6 is 0 Å². The highest BCUT2D eigenvalue weighted by Gasteiger charge is 1.15. The maximum Gasteiger partial charge on any atom is -0.0473 e. The highest BCUT2D eigenvalue weighted by atomic mass is 19.0. The van der Waals surface area contributed by atoms with Gasteiger partial charge in [-0.05, 0) is 6.92 Å². The van der Waals surface area contributed by atoms with E-state index in [0.29, 0.717) is 0 Å². The Morgan fingerprint density at radius 1 is 1.12 bits per heavy atom. The van der Waals surface area contributed by atoms with Crippen molar-refractivity contribution in [2.75, 3.05) is 0 Å². The molecule has 1 nitrogen and oxygen atoms in total. The van der Waals surface area contributed by atoms with E-state index in [1.807, 2.05) is 20.8 Å². The molecule has 0 aromatic rings. The molecular formula is C5H17F2N. The Hall–Kier alpha value is -0.440. The molecule has 0 heterocycles. The molecule has 0 spiro atoms. The van der Waals surface area contributed by atoms with Crippen molar-refractivity contribution < 1.29 is 9.41 Å². The van der Waals surface area contributed by atoms with Gasteiger partial charge in [0.2, 0.25) is 0 Å². The van der Waals surface area contributed by atoms with Gasteiger partial charge in [-0.1, -0.05) is 19.9 Å². The molecule has 0 rings (SSSR count). The standard InChI is InChI=1S/C3H6.C2H6.2FH.H3N/c1-3-2;1-2;;;/h3H,1H2,2H3;1-2H3;2*1H;1H3. The molecule has 0 amide bonds. The van der Waals surface area contributed by atoms with E-state index in [4.69, 9.17) is 0 Å². The molecule has 0 radical (unpaired) electrons. The van der Waals surface area contributed by atoms with Crippen molar-refractivity contribution in [1.82, 2.24) is 6.15 Å². The van der Waals surface area contributed by atoms with Crippen LogP contribution in [0, 0.1) is 0 Å². The molecule has 0 aliphatic rings. The van der Waals surface area contributed by atoms with Gasteiger partial charge in [-0.25, -0.2) is 0 Å². The van der Waals surface area contributed by atoms with Gasteiger partial charge in [0, 0.05) is 0 Å². The molecule has 0 aromatic heterocycles. The maximum atomic E-state index is 3.36. The van der Waals surface area contributed by atoms with E-state index in [1.54, 1.807) is 6.08 Å². The van der Waals surface area contributed by atoms with E-state index in [0.717, 1.165) is 0 Å². The summed E-state index contributed by atoms with van der Waals surface area (Å²) in [5.41, 5.74) is 0. The average molecular weight is 129 g/mol. The summed E-state index contributed by atoms with van der Waals surface area (Å²) >= 11 is 0. The molecular weight excluding hydrogens is 112 g/mol. The van der Waals surface area contributed by atoms with Crippen LogP contribution in [0.15, 0.2) is 12.7 Å². The smallest absolute Gasteiger partial charge is 0.0473 e. The Labute approximate surface area is 50.1 Å². The summed E-state index contributed by atoms with van der Waals surface area (Å²) in [5, 5.41) is 0. The Balaban J connectivity index is -0.00000000567. The van der Waals surface area contributed by atoms with E-state index in [9.17, 15) is 0 Å². The highest BCUT2D eigenvalue weighted by Crippen LogP contribution is 1.38. The van der Waals surface area contributed by atoms with Crippen molar-refractivity contribution in [3.8, 4) is 0 Å². The summed E-state index contributed by atoms with van der Waals surface area (Å²) < 4.78 is 0. The fourth-order valence-electron chi connectivity index (χ4n) is 0. The quantitative estimate of drug-likeness (QED) is 0.501. The fraction of sp³-hybridized carbons (Fsp3) is 0.600. The van der Waals surface area contributed by atoms with Crippen LogP contribution in [0.25, 0.3) is 0 Å². The van der Waals surface area contributed by atoms with Crippen LogP contribution < -0.4 is 6.15 Å². The van der Waals surface area contributed by atoms with Gasteiger partial charge in [-0.15, -0.1) is 6.58 Å². The second kappa shape index (κ2) is 647. The highest BCUT2D eigenvalue weighted by molar-refractivity contribution is 4.51. The Kier molecular flexibility index (Phi) is 4010. The minimum atomic E-state index is 0. The second-order valence-electron chi connectivity index (χ2n) is 0.408. The molecule has 0 unspecified atom stereocenters. The molecule has 0 aliphatic carbocycles. The summed E-state index contributed by atoms with van der Waals surface area (Å²) in [7, 11) is 0. The lowest BCUT2D eigenvalue weighted by molar-refractivity contribution is 1.11. The van der Waals surface area contributed by atoms with Crippen LogP contribution in [0.4, 0.5) is 9.41 Å². The Bertz CT molecular complexity index is 17.9. The molecule has 3 N–H and O–H groups in total. The number of halogens is 2. The summed E-state index contributed by atoms with van der Waals surface area (Å²) in [4.78, 5) is 0. The van der Waals surface area contributed by atoms with Gasteiger partial charge < -0.3 is 6.15 Å². The average Bonchev–Trinajstić information content (AvgIpc) is 1.46. The molecule has 3 heteroatoms. The summed E-state index contributed by atoms with van der Waals surface area (Å²) in [5.74, 6) is 0. The van der Waals surface area contributed by atoms with Crippen LogP contribution in [-0.2, 0) is 0 Å². The first-order valence-corrected chi connectivity index (χ1v) is 1.99. The van der Waals surface area contributed by atoms with Gasteiger partial charge in [0.15, 0.2) is 0 Å². The molecule has 0 saturated heterocycles. The van der Waals surface area contributed by atoms with Gasteiger partial charge in [-0.2, -0.15) is 0 Å². The Morgan fingerprint density at radius 3 is 1.12 bits per heavy atom. The summed E-state index contributed by atoms with van der Waals surface area (Å²) in [6.45, 7) is 9.25. The molecule has 0 saturated carbocycles. The molecule has 8 heavy (non-hydrogen) atoms. The second-order valence-corrected chi connectivity index (χ2v) is 0.408. The first kappa shape index (κ1) is 49.6. The van der Waals surface area contributed by atoms with Crippen molar-refractivity contribution >= 4 is 0 Å². The van der Waals surface area contributed by atoms with Gasteiger partial charge >= 0.3 is 0 Å². The molecule has 0 aliphatic heterocycles. The topological polar surface area (TPSA) is 35.0 Å². The Morgan fingerprint density at radius 2 is 1.12 bits per heavy atom. The van der Waals surface area contributed by atoms with Gasteiger partial charge in [0.1, 0.15) is 0 Å². The van der Waals surface area contributed by atoms with E-state index < -0.39 is 0 Å². The van der Waals surface area contributed by atoms with E-state index in [1.165, 1.54) is 0 Å². The largest absolute Gasteiger partial charge is 0.344 e. The molecule has 0 atom stereocenters. The summed E-state index contributed by atoms with van der Waals surface area (Å²) in [6.07, 6.45) is 1.75. The van der Waals surface area contributed by atoms with Gasteiger partial charge in [-0.3, -0.25) is 9.41 Å². The van der Waals surface area contributed by atoms with Crippen molar-refractivity contribution in [2.24, 2.45) is 0 Å². The minimum absolute atomic E-state index is 0. The monoisotopic (exact) mass is 129 g/mol. The molecule has 0 aromatic carbocycles. The zero-order valence-corrected chi connectivity index (χ0v) is 5.81. The lowest BCUT2D eigenvalue weighted by Gasteiger charge is -1.31. The molecule has 0 bridgehead atoms. The van der Waals surface area contributed by atoms with Crippen LogP contribution in [0.3, 0.4) is 0 Å². The van der Waals surface area contributed by atoms with Gasteiger partial charge in [0.05, 0.1) is 0 Å². The maximum absolute atomic E-state index is 3.36. The first-order chi connectivity index (χ1) is 2.41. The fourth-order valence-corrected chi connectivity index (χ4v) is 0. The third-order valence-corrected chi connectivity index (χ3v) is 0. The lowest BCUT2D eigenvalue weighted by Crippen LogP contribution is -1.07. The van der Waals surface area contributed by atoms with Crippen LogP contribution in [0.2, 0.25) is 0 Å².